The lowest BCUT2D eigenvalue weighted by atomic mass is 10.1. The van der Waals surface area contributed by atoms with Crippen LogP contribution in [0.1, 0.15) is 11.1 Å². The van der Waals surface area contributed by atoms with Crippen LogP contribution < -0.4 is 0 Å². The zero-order valence-corrected chi connectivity index (χ0v) is 15.7. The zero-order chi connectivity index (χ0) is 20.5. The van der Waals surface area contributed by atoms with Crippen molar-refractivity contribution in [2.24, 2.45) is 0 Å². The van der Waals surface area contributed by atoms with Crippen molar-refractivity contribution in [1.29, 1.82) is 0 Å². The third kappa shape index (κ3) is 6.69. The highest BCUT2D eigenvalue weighted by atomic mass is 16.4. The molecule has 3 aromatic rings. The van der Waals surface area contributed by atoms with Gasteiger partial charge in [0.05, 0.1) is 6.54 Å². The Bertz CT molecular complexity index is 929. The fourth-order valence-electron chi connectivity index (χ4n) is 2.52. The van der Waals surface area contributed by atoms with E-state index in [0.717, 1.165) is 19.5 Å². The summed E-state index contributed by atoms with van der Waals surface area (Å²) in [5, 5.41) is 21.1. The van der Waals surface area contributed by atoms with Gasteiger partial charge < -0.3 is 20.1 Å². The lowest BCUT2D eigenvalue weighted by Gasteiger charge is -2.08. The molecule has 3 rings (SSSR count). The lowest BCUT2D eigenvalue weighted by molar-refractivity contribution is -0.134. The van der Waals surface area contributed by atoms with E-state index in [-0.39, 0.29) is 0 Å². The molecule has 0 spiro atoms. The Morgan fingerprint density at radius 1 is 1.21 bits per heavy atom. The second-order valence-corrected chi connectivity index (χ2v) is 6.35. The van der Waals surface area contributed by atoms with Gasteiger partial charge in [-0.1, -0.05) is 6.07 Å². The number of H-pyrrole nitrogens is 1. The highest BCUT2D eigenvalue weighted by Crippen LogP contribution is 2.21. The number of carbonyl (C=O) groups is 2. The number of hydrogen-bond acceptors (Lipinski definition) is 5. The van der Waals surface area contributed by atoms with Crippen LogP contribution in [0.25, 0.3) is 10.9 Å². The number of fused-ring (bicyclic) bond motifs is 1. The maximum atomic E-state index is 9.55. The number of aromatic amines is 1. The highest BCUT2D eigenvalue weighted by Gasteiger charge is 2.06. The lowest BCUT2D eigenvalue weighted by Crippen LogP contribution is -2.14. The Balaban J connectivity index is 0.000000300. The number of benzene rings is 1. The number of nitrogens with zero attached hydrogens (tertiary/aromatic N) is 4. The van der Waals surface area contributed by atoms with Gasteiger partial charge in [-0.3, -0.25) is 0 Å². The van der Waals surface area contributed by atoms with Crippen LogP contribution >= 0.6 is 0 Å². The fourth-order valence-corrected chi connectivity index (χ4v) is 2.52. The van der Waals surface area contributed by atoms with Gasteiger partial charge in [0.25, 0.3) is 0 Å². The van der Waals surface area contributed by atoms with Crippen LogP contribution in [0, 0.1) is 0 Å². The van der Waals surface area contributed by atoms with Crippen LogP contribution in [-0.2, 0) is 22.6 Å². The highest BCUT2D eigenvalue weighted by molar-refractivity contribution is 5.89. The number of likely N-dealkylation sites (N-methyl/N-ethyl adjacent to an activating group) is 1. The third-order valence-corrected chi connectivity index (χ3v) is 3.84. The molecule has 0 aliphatic heterocycles. The van der Waals surface area contributed by atoms with Gasteiger partial charge in [0, 0.05) is 35.8 Å². The SMILES string of the molecule is CN(C)CCc1c[nH]c2ccc(Cn3cncn3)cc12.O=C(O)/C=C/C(=O)O. The minimum atomic E-state index is -1.26. The van der Waals surface area contributed by atoms with E-state index in [1.54, 1.807) is 12.7 Å². The summed E-state index contributed by atoms with van der Waals surface area (Å²) in [6, 6.07) is 6.52. The number of carboxylic acids is 2. The van der Waals surface area contributed by atoms with Crippen molar-refractivity contribution in [3.8, 4) is 0 Å². The smallest absolute Gasteiger partial charge is 0.328 e. The normalized spacial score (nSPS) is 11.0. The molecule has 148 valence electrons. The molecule has 0 saturated heterocycles. The van der Waals surface area contributed by atoms with Crippen LogP contribution in [0.4, 0.5) is 0 Å². The first-order valence-corrected chi connectivity index (χ1v) is 8.55. The maximum absolute atomic E-state index is 9.55. The first kappa shape index (κ1) is 20.8. The quantitative estimate of drug-likeness (QED) is 0.528. The molecule has 28 heavy (non-hydrogen) atoms. The van der Waals surface area contributed by atoms with Crippen molar-refractivity contribution in [2.45, 2.75) is 13.0 Å². The van der Waals surface area contributed by atoms with Gasteiger partial charge >= 0.3 is 11.9 Å². The summed E-state index contributed by atoms with van der Waals surface area (Å²) < 4.78 is 1.84. The molecule has 9 heteroatoms. The van der Waals surface area contributed by atoms with Crippen LogP contribution in [-0.4, -0.2) is 67.4 Å². The van der Waals surface area contributed by atoms with E-state index in [9.17, 15) is 9.59 Å². The second kappa shape index (κ2) is 10.0. The molecule has 2 heterocycles. The predicted molar refractivity (Wildman–Crippen MR) is 104 cm³/mol. The van der Waals surface area contributed by atoms with E-state index < -0.39 is 11.9 Å². The van der Waals surface area contributed by atoms with Crippen molar-refractivity contribution >= 4 is 22.8 Å². The third-order valence-electron chi connectivity index (χ3n) is 3.84. The Hall–Kier alpha value is -3.46. The first-order chi connectivity index (χ1) is 13.3. The van der Waals surface area contributed by atoms with E-state index in [4.69, 9.17) is 10.2 Å². The molecule has 1 aromatic carbocycles. The minimum absolute atomic E-state index is 0.558. The Kier molecular flexibility index (Phi) is 7.46. The summed E-state index contributed by atoms with van der Waals surface area (Å²) in [7, 11) is 4.20. The average Bonchev–Trinajstić information content (AvgIpc) is 3.28. The van der Waals surface area contributed by atoms with E-state index in [1.807, 2.05) is 4.68 Å². The molecular weight excluding hydrogens is 362 g/mol. The van der Waals surface area contributed by atoms with E-state index >= 15 is 0 Å². The monoisotopic (exact) mass is 385 g/mol. The second-order valence-electron chi connectivity index (χ2n) is 6.35. The summed E-state index contributed by atoms with van der Waals surface area (Å²) in [5.41, 5.74) is 3.81. The van der Waals surface area contributed by atoms with Gasteiger partial charge in [-0.15, -0.1) is 0 Å². The van der Waals surface area contributed by atoms with Gasteiger partial charge in [0.2, 0.25) is 0 Å². The number of aromatic nitrogens is 4. The zero-order valence-electron chi connectivity index (χ0n) is 15.7. The van der Waals surface area contributed by atoms with Crippen molar-refractivity contribution in [3.63, 3.8) is 0 Å². The van der Waals surface area contributed by atoms with Gasteiger partial charge in [0.15, 0.2) is 0 Å². The van der Waals surface area contributed by atoms with Crippen molar-refractivity contribution in [1.82, 2.24) is 24.6 Å². The number of rotatable bonds is 7. The van der Waals surface area contributed by atoms with Crippen LogP contribution in [0.3, 0.4) is 0 Å². The Morgan fingerprint density at radius 2 is 1.93 bits per heavy atom. The maximum Gasteiger partial charge on any atom is 0.328 e. The Morgan fingerprint density at radius 3 is 2.50 bits per heavy atom. The van der Waals surface area contributed by atoms with Gasteiger partial charge in [0.1, 0.15) is 12.7 Å². The molecule has 0 fully saturated rings. The molecule has 0 saturated carbocycles. The summed E-state index contributed by atoms with van der Waals surface area (Å²) in [6.45, 7) is 1.81. The minimum Gasteiger partial charge on any atom is -0.478 e. The molecule has 3 N–H and O–H groups in total. The molecule has 0 atom stereocenters. The Labute approximate surface area is 161 Å². The van der Waals surface area contributed by atoms with Gasteiger partial charge in [-0.05, 0) is 43.8 Å². The molecule has 0 aliphatic carbocycles. The number of carboxylic acid groups (broad SMARTS) is 2. The van der Waals surface area contributed by atoms with Gasteiger partial charge in [-0.2, -0.15) is 5.10 Å². The largest absolute Gasteiger partial charge is 0.478 e. The summed E-state index contributed by atoms with van der Waals surface area (Å²) in [5.74, 6) is -2.51. The fraction of sp³-hybridized carbons (Fsp3) is 0.263. The van der Waals surface area contributed by atoms with Crippen molar-refractivity contribution in [2.75, 3.05) is 20.6 Å². The molecule has 0 aliphatic rings. The summed E-state index contributed by atoms with van der Waals surface area (Å²) >= 11 is 0. The molecule has 0 unspecified atom stereocenters. The average molecular weight is 385 g/mol. The predicted octanol–water partition coefficient (Wildman–Crippen LogP) is 1.62. The molecule has 2 aromatic heterocycles. The number of hydrogen-bond donors (Lipinski definition) is 3. The van der Waals surface area contributed by atoms with Gasteiger partial charge in [-0.25, -0.2) is 19.3 Å². The standard InChI is InChI=1S/C15H19N5.C4H4O4/c1-19(2)6-5-13-8-17-15-4-3-12(7-14(13)15)9-20-11-16-10-18-20;5-3(6)1-2-4(7)8/h3-4,7-8,10-11,17H,5-6,9H2,1-2H3;1-2H,(H,5,6)(H,7,8)/b;2-1+. The van der Waals surface area contributed by atoms with E-state index in [2.05, 4.69) is 58.5 Å². The number of nitrogens with one attached hydrogen (secondary N) is 1. The molecular formula is C19H23N5O4. The van der Waals surface area contributed by atoms with E-state index in [1.165, 1.54) is 22.0 Å². The van der Waals surface area contributed by atoms with Crippen LogP contribution in [0.5, 0.6) is 0 Å². The molecule has 0 amide bonds. The van der Waals surface area contributed by atoms with Crippen molar-refractivity contribution in [3.05, 3.63) is 60.3 Å². The molecule has 0 radical (unpaired) electrons. The van der Waals surface area contributed by atoms with Crippen LogP contribution in [0.2, 0.25) is 0 Å². The topological polar surface area (TPSA) is 124 Å². The first-order valence-electron chi connectivity index (χ1n) is 8.55. The van der Waals surface area contributed by atoms with Crippen molar-refractivity contribution < 1.29 is 19.8 Å². The summed E-state index contributed by atoms with van der Waals surface area (Å²) in [4.78, 5) is 28.6. The molecule has 9 nitrogen and oxygen atoms in total. The summed E-state index contributed by atoms with van der Waals surface area (Å²) in [6.07, 6.45) is 7.60. The van der Waals surface area contributed by atoms with Crippen LogP contribution in [0.15, 0.2) is 49.2 Å². The molecule has 0 bridgehead atoms. The van der Waals surface area contributed by atoms with E-state index in [0.29, 0.717) is 12.2 Å². The number of aliphatic carboxylic acids is 2.